The number of hydrogen-bond donors (Lipinski definition) is 1. The fraction of sp³-hybridized carbons (Fsp3) is 0.0667. The van der Waals surface area contributed by atoms with Crippen molar-refractivity contribution < 1.29 is 9.53 Å². The summed E-state index contributed by atoms with van der Waals surface area (Å²) in [5, 5.41) is 3.80. The molecule has 0 spiro atoms. The first-order valence-corrected chi connectivity index (χ1v) is 5.89. The van der Waals surface area contributed by atoms with Gasteiger partial charge in [-0.2, -0.15) is 5.10 Å². The molecule has 0 atom stereocenters. The highest BCUT2D eigenvalue weighted by atomic mass is 16.5. The highest BCUT2D eigenvalue weighted by Crippen LogP contribution is 2.00. The van der Waals surface area contributed by atoms with E-state index in [0.717, 1.165) is 11.1 Å². The molecular formula is C15H14N2O2. The minimum absolute atomic E-state index is 0.230. The predicted octanol–water partition coefficient (Wildman–Crippen LogP) is 2.95. The lowest BCUT2D eigenvalue weighted by molar-refractivity contribution is 0.140. The molecule has 0 saturated heterocycles. The van der Waals surface area contributed by atoms with Crippen LogP contribution in [0.1, 0.15) is 11.1 Å². The Labute approximate surface area is 111 Å². The van der Waals surface area contributed by atoms with Crippen LogP contribution in [0.15, 0.2) is 65.8 Å². The average molecular weight is 254 g/mol. The number of nitrogens with one attached hydrogen (secondary N) is 1. The zero-order valence-corrected chi connectivity index (χ0v) is 10.3. The van der Waals surface area contributed by atoms with Gasteiger partial charge in [0, 0.05) is 0 Å². The quantitative estimate of drug-likeness (QED) is 0.673. The van der Waals surface area contributed by atoms with Gasteiger partial charge in [-0.3, -0.25) is 0 Å². The smallest absolute Gasteiger partial charge is 0.428 e. The van der Waals surface area contributed by atoms with Crippen LogP contribution in [0.4, 0.5) is 4.79 Å². The van der Waals surface area contributed by atoms with Crippen LogP contribution in [0.3, 0.4) is 0 Å². The van der Waals surface area contributed by atoms with Gasteiger partial charge < -0.3 is 4.74 Å². The molecule has 19 heavy (non-hydrogen) atoms. The first-order valence-electron chi connectivity index (χ1n) is 5.89. The van der Waals surface area contributed by atoms with E-state index in [2.05, 4.69) is 10.5 Å². The number of nitrogens with zero attached hydrogens (tertiary/aromatic N) is 1. The van der Waals surface area contributed by atoms with Crippen molar-refractivity contribution in [3.63, 3.8) is 0 Å². The molecule has 96 valence electrons. The molecule has 4 heteroatoms. The van der Waals surface area contributed by atoms with Crippen LogP contribution in [0.5, 0.6) is 0 Å². The van der Waals surface area contributed by atoms with E-state index < -0.39 is 6.09 Å². The molecule has 0 unspecified atom stereocenters. The maximum absolute atomic E-state index is 11.4. The highest BCUT2D eigenvalue weighted by molar-refractivity contribution is 5.80. The molecule has 0 aromatic heterocycles. The fourth-order valence-corrected chi connectivity index (χ4v) is 1.45. The molecule has 1 amide bonds. The summed E-state index contributed by atoms with van der Waals surface area (Å²) < 4.78 is 5.00. The van der Waals surface area contributed by atoms with Crippen LogP contribution >= 0.6 is 0 Å². The zero-order chi connectivity index (χ0) is 13.3. The molecule has 0 fully saturated rings. The monoisotopic (exact) mass is 254 g/mol. The molecule has 0 heterocycles. The van der Waals surface area contributed by atoms with Crippen molar-refractivity contribution in [2.24, 2.45) is 5.10 Å². The summed E-state index contributed by atoms with van der Waals surface area (Å²) in [6.45, 7) is 0.230. The van der Waals surface area contributed by atoms with Crippen LogP contribution in [-0.2, 0) is 11.3 Å². The first kappa shape index (κ1) is 12.8. The minimum Gasteiger partial charge on any atom is -0.443 e. The molecule has 2 aromatic rings. The van der Waals surface area contributed by atoms with Crippen molar-refractivity contribution in [2.45, 2.75) is 6.61 Å². The summed E-state index contributed by atoms with van der Waals surface area (Å²) >= 11 is 0. The number of hydrogen-bond acceptors (Lipinski definition) is 3. The van der Waals surface area contributed by atoms with E-state index in [4.69, 9.17) is 4.74 Å². The second-order valence-electron chi connectivity index (χ2n) is 3.84. The van der Waals surface area contributed by atoms with Crippen molar-refractivity contribution >= 4 is 12.3 Å². The van der Waals surface area contributed by atoms with Crippen LogP contribution < -0.4 is 5.43 Å². The number of rotatable bonds is 4. The lowest BCUT2D eigenvalue weighted by Gasteiger charge is -2.03. The Kier molecular flexibility index (Phi) is 4.70. The van der Waals surface area contributed by atoms with Gasteiger partial charge in [0.2, 0.25) is 0 Å². The first-order chi connectivity index (χ1) is 9.34. The van der Waals surface area contributed by atoms with E-state index in [9.17, 15) is 4.79 Å². The Hall–Kier alpha value is -2.62. The lowest BCUT2D eigenvalue weighted by Crippen LogP contribution is -2.18. The van der Waals surface area contributed by atoms with Gasteiger partial charge in [-0.25, -0.2) is 10.2 Å². The van der Waals surface area contributed by atoms with Gasteiger partial charge in [0.05, 0.1) is 6.21 Å². The maximum Gasteiger partial charge on any atom is 0.428 e. The fourth-order valence-electron chi connectivity index (χ4n) is 1.45. The SMILES string of the molecule is O=C(N/N=C\c1ccccc1)OCc1ccccc1. The molecule has 0 bridgehead atoms. The summed E-state index contributed by atoms with van der Waals surface area (Å²) in [6, 6.07) is 19.0. The second kappa shape index (κ2) is 6.96. The largest absolute Gasteiger partial charge is 0.443 e. The van der Waals surface area contributed by atoms with E-state index in [-0.39, 0.29) is 6.61 Å². The van der Waals surface area contributed by atoms with Crippen LogP contribution in [0.2, 0.25) is 0 Å². The summed E-state index contributed by atoms with van der Waals surface area (Å²) in [7, 11) is 0. The Morgan fingerprint density at radius 2 is 1.68 bits per heavy atom. The van der Waals surface area contributed by atoms with E-state index in [1.807, 2.05) is 60.7 Å². The van der Waals surface area contributed by atoms with Gasteiger partial charge in [-0.05, 0) is 11.1 Å². The Morgan fingerprint density at radius 3 is 2.37 bits per heavy atom. The number of ether oxygens (including phenoxy) is 1. The third-order valence-corrected chi connectivity index (χ3v) is 2.38. The Morgan fingerprint density at radius 1 is 1.05 bits per heavy atom. The summed E-state index contributed by atoms with van der Waals surface area (Å²) in [6.07, 6.45) is 0.986. The highest BCUT2D eigenvalue weighted by Gasteiger charge is 1.99. The van der Waals surface area contributed by atoms with Crippen LogP contribution in [0, 0.1) is 0 Å². The van der Waals surface area contributed by atoms with Crippen LogP contribution in [0.25, 0.3) is 0 Å². The molecule has 1 N–H and O–H groups in total. The number of amides is 1. The number of carbonyl (C=O) groups is 1. The third kappa shape index (κ3) is 4.63. The van der Waals surface area contributed by atoms with Crippen molar-refractivity contribution in [2.75, 3.05) is 0 Å². The molecule has 4 nitrogen and oxygen atoms in total. The van der Waals surface area contributed by atoms with Gasteiger partial charge >= 0.3 is 6.09 Å². The van der Waals surface area contributed by atoms with E-state index >= 15 is 0 Å². The molecule has 0 radical (unpaired) electrons. The average Bonchev–Trinajstić information content (AvgIpc) is 2.47. The van der Waals surface area contributed by atoms with Crippen LogP contribution in [-0.4, -0.2) is 12.3 Å². The molecule has 0 saturated carbocycles. The number of hydrazone groups is 1. The standard InChI is InChI=1S/C15H14N2O2/c18-15(19-12-14-9-5-2-6-10-14)17-16-11-13-7-3-1-4-8-13/h1-11H,12H2,(H,17,18)/b16-11-. The van der Waals surface area contributed by atoms with Gasteiger partial charge in [0.15, 0.2) is 0 Å². The second-order valence-corrected chi connectivity index (χ2v) is 3.84. The predicted molar refractivity (Wildman–Crippen MR) is 73.8 cm³/mol. The van der Waals surface area contributed by atoms with Crippen molar-refractivity contribution in [3.8, 4) is 0 Å². The van der Waals surface area contributed by atoms with Gasteiger partial charge in [0.1, 0.15) is 6.61 Å². The molecule has 2 rings (SSSR count). The van der Waals surface area contributed by atoms with Gasteiger partial charge in [0.25, 0.3) is 0 Å². The van der Waals surface area contributed by atoms with E-state index in [1.54, 1.807) is 6.21 Å². The lowest BCUT2D eigenvalue weighted by atomic mass is 10.2. The third-order valence-electron chi connectivity index (χ3n) is 2.38. The van der Waals surface area contributed by atoms with Crippen molar-refractivity contribution in [3.05, 3.63) is 71.8 Å². The van der Waals surface area contributed by atoms with Crippen molar-refractivity contribution in [1.82, 2.24) is 5.43 Å². The molecule has 0 aliphatic carbocycles. The summed E-state index contributed by atoms with van der Waals surface area (Å²) in [5.41, 5.74) is 4.15. The topological polar surface area (TPSA) is 50.7 Å². The summed E-state index contributed by atoms with van der Waals surface area (Å²) in [5.74, 6) is 0. The van der Waals surface area contributed by atoms with E-state index in [1.165, 1.54) is 0 Å². The Balaban J connectivity index is 1.75. The normalized spacial score (nSPS) is 10.3. The zero-order valence-electron chi connectivity index (χ0n) is 10.3. The molecule has 0 aliphatic heterocycles. The minimum atomic E-state index is -0.573. The molecular weight excluding hydrogens is 240 g/mol. The summed E-state index contributed by atoms with van der Waals surface area (Å²) in [4.78, 5) is 11.4. The maximum atomic E-state index is 11.4. The Bertz CT molecular complexity index is 539. The van der Waals surface area contributed by atoms with E-state index in [0.29, 0.717) is 0 Å². The number of benzene rings is 2. The molecule has 0 aliphatic rings. The number of carbonyl (C=O) groups excluding carboxylic acids is 1. The van der Waals surface area contributed by atoms with Crippen molar-refractivity contribution in [1.29, 1.82) is 0 Å². The molecule has 2 aromatic carbocycles. The van der Waals surface area contributed by atoms with Gasteiger partial charge in [-0.15, -0.1) is 0 Å². The van der Waals surface area contributed by atoms with Gasteiger partial charge in [-0.1, -0.05) is 60.7 Å².